The predicted molar refractivity (Wildman–Crippen MR) is 41.1 cm³/mol. The van der Waals surface area contributed by atoms with Gasteiger partial charge < -0.3 is 0 Å². The maximum absolute atomic E-state index is 2.35. The summed E-state index contributed by atoms with van der Waals surface area (Å²) < 4.78 is 0. The highest BCUT2D eigenvalue weighted by molar-refractivity contribution is 5.08. The first kappa shape index (κ1) is 6.85. The number of rotatable bonds is 2. The Kier molecular flexibility index (Phi) is 2.32. The molecule has 0 N–H and O–H groups in total. The topological polar surface area (TPSA) is 0 Å². The van der Waals surface area contributed by atoms with Crippen LogP contribution in [0.15, 0.2) is 12.2 Å². The minimum Gasteiger partial charge on any atom is -0.0882 e. The van der Waals surface area contributed by atoms with E-state index in [-0.39, 0.29) is 0 Å². The second kappa shape index (κ2) is 3.05. The molecule has 0 fully saturated rings. The molecule has 1 atom stereocenters. The van der Waals surface area contributed by atoms with Crippen molar-refractivity contribution in [3.8, 4) is 0 Å². The van der Waals surface area contributed by atoms with Crippen molar-refractivity contribution < 1.29 is 0 Å². The largest absolute Gasteiger partial charge is 0.0882 e. The fraction of sp³-hybridized carbons (Fsp3) is 0.667. The maximum Gasteiger partial charge on any atom is -0.0171 e. The van der Waals surface area contributed by atoms with Gasteiger partial charge in [0.15, 0.2) is 0 Å². The van der Waals surface area contributed by atoms with Gasteiger partial charge in [0.25, 0.3) is 0 Å². The van der Waals surface area contributed by atoms with Gasteiger partial charge in [0.05, 0.1) is 0 Å². The quantitative estimate of drug-likeness (QED) is 0.495. The molecule has 0 aromatic carbocycles. The average Bonchev–Trinajstić information content (AvgIpc) is 2.37. The lowest BCUT2D eigenvalue weighted by Gasteiger charge is -2.13. The molecule has 0 saturated carbocycles. The van der Waals surface area contributed by atoms with Gasteiger partial charge in [0.2, 0.25) is 0 Å². The van der Waals surface area contributed by atoms with E-state index in [1.807, 2.05) is 0 Å². The van der Waals surface area contributed by atoms with E-state index in [0.717, 1.165) is 5.92 Å². The van der Waals surface area contributed by atoms with Crippen molar-refractivity contribution in [3.05, 3.63) is 18.1 Å². The summed E-state index contributed by atoms with van der Waals surface area (Å²) in [5.74, 6) is 2.46. The Bertz CT molecular complexity index is 103. The first-order valence-corrected chi connectivity index (χ1v) is 3.83. The molecule has 9 heavy (non-hydrogen) atoms. The summed E-state index contributed by atoms with van der Waals surface area (Å²) in [5.41, 5.74) is 0. The van der Waals surface area contributed by atoms with E-state index in [9.17, 15) is 0 Å². The Morgan fingerprint density at radius 2 is 2.44 bits per heavy atom. The molecule has 0 aromatic heterocycles. The molecule has 0 aliphatic heterocycles. The zero-order valence-electron chi connectivity index (χ0n) is 6.35. The minimum atomic E-state index is 0.815. The van der Waals surface area contributed by atoms with E-state index in [1.54, 1.807) is 5.92 Å². The predicted octanol–water partition coefficient (Wildman–Crippen LogP) is 2.96. The van der Waals surface area contributed by atoms with Crippen LogP contribution in [0.3, 0.4) is 0 Å². The van der Waals surface area contributed by atoms with Crippen molar-refractivity contribution >= 4 is 0 Å². The standard InChI is InChI=1S/C9H15/c1-3-8(2)9-6-4-5-7-9/h4,6,9H,3,5,7H2,1-2H3. The molecule has 1 unspecified atom stereocenters. The van der Waals surface area contributed by atoms with E-state index in [4.69, 9.17) is 0 Å². The normalized spacial score (nSPS) is 25.9. The fourth-order valence-electron chi connectivity index (χ4n) is 1.31. The molecule has 0 bridgehead atoms. The third-order valence-electron chi connectivity index (χ3n) is 2.20. The van der Waals surface area contributed by atoms with Crippen molar-refractivity contribution in [2.75, 3.05) is 0 Å². The van der Waals surface area contributed by atoms with Crippen LogP contribution in [-0.2, 0) is 0 Å². The summed E-state index contributed by atoms with van der Waals surface area (Å²) in [6.45, 7) is 4.50. The molecule has 0 aromatic rings. The van der Waals surface area contributed by atoms with Crippen molar-refractivity contribution in [2.45, 2.75) is 33.1 Å². The third-order valence-corrected chi connectivity index (χ3v) is 2.20. The molecule has 0 spiro atoms. The Hall–Kier alpha value is -0.260. The Morgan fingerprint density at radius 1 is 1.67 bits per heavy atom. The molecule has 0 saturated heterocycles. The lowest BCUT2D eigenvalue weighted by molar-refractivity contribution is 0.613. The van der Waals surface area contributed by atoms with Crippen LogP contribution in [-0.4, -0.2) is 0 Å². The Labute approximate surface area is 58.0 Å². The average molecular weight is 123 g/mol. The SMILES string of the molecule is CC[C](C)C1C=CCC1. The van der Waals surface area contributed by atoms with Gasteiger partial charge in [0, 0.05) is 0 Å². The molecule has 0 nitrogen and oxygen atoms in total. The lowest BCUT2D eigenvalue weighted by Crippen LogP contribution is -2.01. The van der Waals surface area contributed by atoms with Crippen molar-refractivity contribution in [1.82, 2.24) is 0 Å². The number of hydrogen-bond acceptors (Lipinski definition) is 0. The van der Waals surface area contributed by atoms with Gasteiger partial charge in [-0.1, -0.05) is 26.0 Å². The zero-order valence-corrected chi connectivity index (χ0v) is 6.35. The van der Waals surface area contributed by atoms with Crippen LogP contribution in [0.5, 0.6) is 0 Å². The van der Waals surface area contributed by atoms with Gasteiger partial charge in [-0.15, -0.1) is 0 Å². The molecule has 1 radical (unpaired) electrons. The van der Waals surface area contributed by atoms with Crippen LogP contribution < -0.4 is 0 Å². The van der Waals surface area contributed by atoms with Crippen LogP contribution in [0.1, 0.15) is 33.1 Å². The van der Waals surface area contributed by atoms with Crippen molar-refractivity contribution in [3.63, 3.8) is 0 Å². The summed E-state index contributed by atoms with van der Waals surface area (Å²) in [6.07, 6.45) is 8.54. The number of hydrogen-bond donors (Lipinski definition) is 0. The van der Waals surface area contributed by atoms with E-state index >= 15 is 0 Å². The van der Waals surface area contributed by atoms with Gasteiger partial charge in [-0.2, -0.15) is 0 Å². The molecule has 1 rings (SSSR count). The third kappa shape index (κ3) is 1.57. The van der Waals surface area contributed by atoms with Crippen LogP contribution in [0.4, 0.5) is 0 Å². The van der Waals surface area contributed by atoms with E-state index in [0.29, 0.717) is 0 Å². The summed E-state index contributed by atoms with van der Waals surface area (Å²) >= 11 is 0. The molecular weight excluding hydrogens is 108 g/mol. The Balaban J connectivity index is 2.33. The van der Waals surface area contributed by atoms with E-state index in [2.05, 4.69) is 26.0 Å². The molecule has 51 valence electrons. The molecule has 0 amide bonds. The van der Waals surface area contributed by atoms with Gasteiger partial charge >= 0.3 is 0 Å². The van der Waals surface area contributed by atoms with Gasteiger partial charge in [-0.05, 0) is 31.1 Å². The summed E-state index contributed by atoms with van der Waals surface area (Å²) in [6, 6.07) is 0. The monoisotopic (exact) mass is 123 g/mol. The van der Waals surface area contributed by atoms with Crippen molar-refractivity contribution in [2.24, 2.45) is 5.92 Å². The van der Waals surface area contributed by atoms with Crippen LogP contribution in [0.25, 0.3) is 0 Å². The first-order chi connectivity index (χ1) is 4.34. The highest BCUT2D eigenvalue weighted by atomic mass is 14.2. The smallest absolute Gasteiger partial charge is 0.0171 e. The fourth-order valence-corrected chi connectivity index (χ4v) is 1.31. The molecular formula is C9H15. The van der Waals surface area contributed by atoms with E-state index in [1.165, 1.54) is 19.3 Å². The van der Waals surface area contributed by atoms with Crippen LogP contribution >= 0.6 is 0 Å². The van der Waals surface area contributed by atoms with Gasteiger partial charge in [-0.25, -0.2) is 0 Å². The first-order valence-electron chi connectivity index (χ1n) is 3.83. The lowest BCUT2D eigenvalue weighted by atomic mass is 9.92. The Morgan fingerprint density at radius 3 is 2.89 bits per heavy atom. The summed E-state index contributed by atoms with van der Waals surface area (Å²) in [5, 5.41) is 0. The molecule has 0 heteroatoms. The minimum absolute atomic E-state index is 0.815. The summed E-state index contributed by atoms with van der Waals surface area (Å²) in [7, 11) is 0. The second-order valence-corrected chi connectivity index (χ2v) is 2.81. The van der Waals surface area contributed by atoms with Crippen LogP contribution in [0.2, 0.25) is 0 Å². The van der Waals surface area contributed by atoms with Crippen molar-refractivity contribution in [1.29, 1.82) is 0 Å². The zero-order chi connectivity index (χ0) is 6.69. The highest BCUT2D eigenvalue weighted by Crippen LogP contribution is 2.28. The number of allylic oxidation sites excluding steroid dienone is 2. The summed E-state index contributed by atoms with van der Waals surface area (Å²) in [4.78, 5) is 0. The van der Waals surface area contributed by atoms with Crippen LogP contribution in [0, 0.1) is 11.8 Å². The molecule has 0 heterocycles. The molecule has 1 aliphatic carbocycles. The maximum atomic E-state index is 2.35. The molecule has 1 aliphatic rings. The highest BCUT2D eigenvalue weighted by Gasteiger charge is 2.14. The van der Waals surface area contributed by atoms with E-state index < -0.39 is 0 Å². The van der Waals surface area contributed by atoms with Gasteiger partial charge in [-0.3, -0.25) is 0 Å². The van der Waals surface area contributed by atoms with Gasteiger partial charge in [0.1, 0.15) is 0 Å². The second-order valence-electron chi connectivity index (χ2n) is 2.81.